The van der Waals surface area contributed by atoms with Gasteiger partial charge >= 0.3 is 0 Å². The first-order valence-corrected chi connectivity index (χ1v) is 6.37. The monoisotopic (exact) mass is 227 g/mol. The zero-order valence-corrected chi connectivity index (χ0v) is 11.0. The zero-order valence-electron chi connectivity index (χ0n) is 11.0. The van der Waals surface area contributed by atoms with Crippen LogP contribution in [0.4, 0.5) is 0 Å². The lowest BCUT2D eigenvalue weighted by atomic mass is 9.69. The van der Waals surface area contributed by atoms with Gasteiger partial charge < -0.3 is 4.74 Å². The number of fused-ring (bicyclic) bond motifs is 2. The molecule has 0 aromatic carbocycles. The quantitative estimate of drug-likeness (QED) is 0.578. The van der Waals surface area contributed by atoms with Crippen LogP contribution >= 0.6 is 0 Å². The summed E-state index contributed by atoms with van der Waals surface area (Å²) >= 11 is 0. The Kier molecular flexibility index (Phi) is 3.30. The molecular formula is C13H25NO2. The Balaban J connectivity index is 1.92. The van der Waals surface area contributed by atoms with Gasteiger partial charge in [0.2, 0.25) is 0 Å². The molecule has 0 spiro atoms. The summed E-state index contributed by atoms with van der Waals surface area (Å²) in [6, 6.07) is 0.482. The molecule has 1 N–H and O–H groups in total. The van der Waals surface area contributed by atoms with E-state index in [1.54, 1.807) is 7.11 Å². The average Bonchev–Trinajstić information content (AvgIpc) is 2.68. The molecule has 2 rings (SSSR count). The van der Waals surface area contributed by atoms with Crippen LogP contribution in [0.3, 0.4) is 0 Å². The van der Waals surface area contributed by atoms with Crippen LogP contribution in [0.2, 0.25) is 0 Å². The van der Waals surface area contributed by atoms with E-state index in [-0.39, 0.29) is 0 Å². The average molecular weight is 227 g/mol. The molecule has 0 aromatic rings. The van der Waals surface area contributed by atoms with Gasteiger partial charge in [0.05, 0.1) is 13.2 Å². The van der Waals surface area contributed by atoms with Crippen LogP contribution in [0.25, 0.3) is 0 Å². The molecule has 0 radical (unpaired) electrons. The van der Waals surface area contributed by atoms with Gasteiger partial charge in [0, 0.05) is 13.2 Å². The largest absolute Gasteiger partial charge is 0.382 e. The lowest BCUT2D eigenvalue weighted by Gasteiger charge is -2.42. The number of rotatable bonds is 5. The molecule has 3 atom stereocenters. The molecule has 3 heteroatoms. The first-order chi connectivity index (χ1) is 7.50. The fourth-order valence-corrected chi connectivity index (χ4v) is 3.86. The van der Waals surface area contributed by atoms with Crippen molar-refractivity contribution in [3.63, 3.8) is 0 Å². The van der Waals surface area contributed by atoms with E-state index in [1.807, 2.05) is 0 Å². The van der Waals surface area contributed by atoms with Crippen LogP contribution in [0.5, 0.6) is 0 Å². The molecule has 2 fully saturated rings. The van der Waals surface area contributed by atoms with Crippen molar-refractivity contribution in [3.05, 3.63) is 0 Å². The molecule has 3 nitrogen and oxygen atoms in total. The topological polar surface area (TPSA) is 30.5 Å². The minimum absolute atomic E-state index is 0.361. The van der Waals surface area contributed by atoms with Crippen LogP contribution in [-0.4, -0.2) is 26.4 Å². The number of hydrogen-bond acceptors (Lipinski definition) is 3. The third-order valence-corrected chi connectivity index (χ3v) is 4.86. The number of ether oxygens (including phenoxy) is 1. The van der Waals surface area contributed by atoms with E-state index < -0.39 is 0 Å². The molecule has 94 valence electrons. The summed E-state index contributed by atoms with van der Waals surface area (Å²) in [7, 11) is 1.70. The SMILES string of the molecule is COCCONC1C(C)(C)[C@H]2CC[C@]1(C)C2. The molecule has 2 saturated carbocycles. The van der Waals surface area contributed by atoms with E-state index in [0.717, 1.165) is 5.92 Å². The molecule has 0 amide bonds. The van der Waals surface area contributed by atoms with Gasteiger partial charge in [-0.3, -0.25) is 4.84 Å². The second-order valence-electron chi connectivity index (χ2n) is 6.31. The zero-order chi connectivity index (χ0) is 11.8. The van der Waals surface area contributed by atoms with Crippen molar-refractivity contribution in [2.45, 2.75) is 46.1 Å². The summed E-state index contributed by atoms with van der Waals surface area (Å²) in [5.41, 5.74) is 4.09. The smallest absolute Gasteiger partial charge is 0.0916 e. The van der Waals surface area contributed by atoms with Gasteiger partial charge in [-0.1, -0.05) is 20.8 Å². The summed E-state index contributed by atoms with van der Waals surface area (Å²) in [6.07, 6.45) is 4.08. The highest BCUT2D eigenvalue weighted by atomic mass is 16.7. The molecule has 0 saturated heterocycles. The predicted octanol–water partition coefficient (Wildman–Crippen LogP) is 2.37. The van der Waals surface area contributed by atoms with Crippen LogP contribution in [0, 0.1) is 16.7 Å². The van der Waals surface area contributed by atoms with Crippen molar-refractivity contribution in [1.82, 2.24) is 5.48 Å². The van der Waals surface area contributed by atoms with Crippen molar-refractivity contribution >= 4 is 0 Å². The van der Waals surface area contributed by atoms with Gasteiger partial charge in [0.15, 0.2) is 0 Å². The molecular weight excluding hydrogens is 202 g/mol. The van der Waals surface area contributed by atoms with E-state index in [2.05, 4.69) is 26.3 Å². The highest BCUT2D eigenvalue weighted by molar-refractivity contribution is 5.11. The summed E-state index contributed by atoms with van der Waals surface area (Å²) in [5, 5.41) is 0. The predicted molar refractivity (Wildman–Crippen MR) is 64.0 cm³/mol. The van der Waals surface area contributed by atoms with Gasteiger partial charge in [0.1, 0.15) is 0 Å². The first-order valence-electron chi connectivity index (χ1n) is 6.37. The Morgan fingerprint density at radius 2 is 2.00 bits per heavy atom. The van der Waals surface area contributed by atoms with Crippen LogP contribution in [0.15, 0.2) is 0 Å². The van der Waals surface area contributed by atoms with Gasteiger partial charge in [-0.25, -0.2) is 0 Å². The maximum atomic E-state index is 5.54. The minimum Gasteiger partial charge on any atom is -0.382 e. The molecule has 0 heterocycles. The highest BCUT2D eigenvalue weighted by Crippen LogP contribution is 2.62. The molecule has 2 aliphatic rings. The second-order valence-corrected chi connectivity index (χ2v) is 6.31. The number of hydrogen-bond donors (Lipinski definition) is 1. The lowest BCUT2D eigenvalue weighted by Crippen LogP contribution is -2.50. The highest BCUT2D eigenvalue weighted by Gasteiger charge is 2.59. The van der Waals surface area contributed by atoms with E-state index in [0.29, 0.717) is 30.1 Å². The molecule has 0 aliphatic heterocycles. The van der Waals surface area contributed by atoms with Gasteiger partial charge in [-0.15, -0.1) is 0 Å². The number of hydroxylamine groups is 1. The normalized spacial score (nSPS) is 40.5. The minimum atomic E-state index is 0.361. The van der Waals surface area contributed by atoms with E-state index in [1.165, 1.54) is 19.3 Å². The van der Waals surface area contributed by atoms with E-state index in [4.69, 9.17) is 9.57 Å². The molecule has 2 aliphatic carbocycles. The fraction of sp³-hybridized carbons (Fsp3) is 1.00. The van der Waals surface area contributed by atoms with Crippen molar-refractivity contribution in [2.24, 2.45) is 16.7 Å². The molecule has 1 unspecified atom stereocenters. The van der Waals surface area contributed by atoms with E-state index in [9.17, 15) is 0 Å². The van der Waals surface area contributed by atoms with Crippen LogP contribution in [0.1, 0.15) is 40.0 Å². The first kappa shape index (κ1) is 12.3. The number of nitrogens with one attached hydrogen (secondary N) is 1. The van der Waals surface area contributed by atoms with E-state index >= 15 is 0 Å². The maximum Gasteiger partial charge on any atom is 0.0916 e. The Morgan fingerprint density at radius 3 is 2.56 bits per heavy atom. The standard InChI is InChI=1S/C13H25NO2/c1-12(2)10-5-6-13(3,9-10)11(12)14-16-8-7-15-4/h10-11,14H,5-9H2,1-4H3/t10-,11?,13+/m0/s1. The summed E-state index contributed by atoms with van der Waals surface area (Å²) in [6.45, 7) is 8.43. The Bertz CT molecular complexity index is 250. The Labute approximate surface area is 98.8 Å². The maximum absolute atomic E-state index is 5.54. The lowest BCUT2D eigenvalue weighted by molar-refractivity contribution is -0.0651. The molecule has 16 heavy (non-hydrogen) atoms. The summed E-state index contributed by atoms with van der Waals surface area (Å²) in [4.78, 5) is 5.54. The van der Waals surface area contributed by atoms with Crippen molar-refractivity contribution in [2.75, 3.05) is 20.3 Å². The van der Waals surface area contributed by atoms with Crippen LogP contribution in [-0.2, 0) is 9.57 Å². The second kappa shape index (κ2) is 4.28. The third-order valence-electron chi connectivity index (χ3n) is 4.86. The van der Waals surface area contributed by atoms with Gasteiger partial charge in [0.25, 0.3) is 0 Å². The van der Waals surface area contributed by atoms with Gasteiger partial charge in [-0.2, -0.15) is 5.48 Å². The van der Waals surface area contributed by atoms with Crippen LogP contribution < -0.4 is 5.48 Å². The molecule has 2 bridgehead atoms. The third kappa shape index (κ3) is 1.89. The van der Waals surface area contributed by atoms with Crippen molar-refractivity contribution in [1.29, 1.82) is 0 Å². The molecule has 0 aromatic heterocycles. The fourth-order valence-electron chi connectivity index (χ4n) is 3.86. The number of methoxy groups -OCH3 is 1. The van der Waals surface area contributed by atoms with Gasteiger partial charge in [-0.05, 0) is 36.0 Å². The van der Waals surface area contributed by atoms with Crippen molar-refractivity contribution < 1.29 is 9.57 Å². The Morgan fingerprint density at radius 1 is 1.25 bits per heavy atom. The summed E-state index contributed by atoms with van der Waals surface area (Å²) in [5.74, 6) is 0.862. The summed E-state index contributed by atoms with van der Waals surface area (Å²) < 4.78 is 4.98. The van der Waals surface area contributed by atoms with Crippen molar-refractivity contribution in [3.8, 4) is 0 Å². The Hall–Kier alpha value is -0.120.